The summed E-state index contributed by atoms with van der Waals surface area (Å²) >= 11 is 2.33. The van der Waals surface area contributed by atoms with E-state index in [1.807, 2.05) is 0 Å². The van der Waals surface area contributed by atoms with Crippen molar-refractivity contribution in [3.05, 3.63) is 57.7 Å². The van der Waals surface area contributed by atoms with E-state index in [1.165, 1.54) is 20.3 Å². The Bertz CT molecular complexity index is 452. The molecule has 0 spiro atoms. The van der Waals surface area contributed by atoms with Gasteiger partial charge in [-0.25, -0.2) is 0 Å². The van der Waals surface area contributed by atoms with E-state index in [0.717, 1.165) is 0 Å². The molecule has 0 aliphatic carbocycles. The number of hydrogen-bond acceptors (Lipinski definition) is 0. The van der Waals surface area contributed by atoms with Crippen LogP contribution in [0.1, 0.15) is 25.3 Å². The highest BCUT2D eigenvalue weighted by Gasteiger charge is 2.00. The molecule has 0 saturated heterocycles. The molecule has 1 heteroatoms. The van der Waals surface area contributed by atoms with Gasteiger partial charge in [-0.05, 0) is 57.3 Å². The molecule has 82 valence electrons. The first-order valence-corrected chi connectivity index (χ1v) is 6.60. The summed E-state index contributed by atoms with van der Waals surface area (Å²) in [6.45, 7) is 4.44. The van der Waals surface area contributed by atoms with Crippen molar-refractivity contribution >= 4 is 22.6 Å². The highest BCUT2D eigenvalue weighted by atomic mass is 127. The third kappa shape index (κ3) is 2.64. The van der Waals surface area contributed by atoms with Gasteiger partial charge in [0.05, 0.1) is 0 Å². The monoisotopic (exact) mass is 322 g/mol. The number of rotatable bonds is 2. The third-order valence-electron chi connectivity index (χ3n) is 2.75. The molecule has 0 atom stereocenters. The number of halogens is 1. The van der Waals surface area contributed by atoms with Crippen LogP contribution in [0.4, 0.5) is 0 Å². The predicted octanol–water partition coefficient (Wildman–Crippen LogP) is 5.08. The van der Waals surface area contributed by atoms with E-state index in [9.17, 15) is 0 Å². The lowest BCUT2D eigenvalue weighted by Crippen LogP contribution is -1.86. The van der Waals surface area contributed by atoms with Crippen LogP contribution in [0.2, 0.25) is 0 Å². The van der Waals surface area contributed by atoms with Crippen molar-refractivity contribution in [2.75, 3.05) is 0 Å². The Kier molecular flexibility index (Phi) is 3.64. The average Bonchev–Trinajstić information content (AvgIpc) is 2.30. The Hall–Kier alpha value is -0.830. The standard InChI is InChI=1S/C15H15I/c1-11(2)12-3-5-13(6-4-12)14-7-9-15(16)10-8-14/h3-11H,1-2H3. The molecule has 0 saturated carbocycles. The molecule has 0 bridgehead atoms. The molecular weight excluding hydrogens is 307 g/mol. The Morgan fingerprint density at radius 3 is 1.62 bits per heavy atom. The summed E-state index contributed by atoms with van der Waals surface area (Å²) in [5, 5.41) is 0. The predicted molar refractivity (Wildman–Crippen MR) is 78.7 cm³/mol. The molecule has 0 radical (unpaired) electrons. The van der Waals surface area contributed by atoms with Crippen LogP contribution in [0.3, 0.4) is 0 Å². The molecule has 0 N–H and O–H groups in total. The molecule has 0 amide bonds. The van der Waals surface area contributed by atoms with Gasteiger partial charge >= 0.3 is 0 Å². The summed E-state index contributed by atoms with van der Waals surface area (Å²) in [7, 11) is 0. The Balaban J connectivity index is 2.31. The van der Waals surface area contributed by atoms with Crippen LogP contribution in [0, 0.1) is 3.57 Å². The summed E-state index contributed by atoms with van der Waals surface area (Å²) in [5.41, 5.74) is 3.98. The minimum absolute atomic E-state index is 0.603. The van der Waals surface area contributed by atoms with Gasteiger partial charge in [0, 0.05) is 3.57 Å². The molecule has 0 aliphatic rings. The normalized spacial score (nSPS) is 10.8. The second-order valence-electron chi connectivity index (χ2n) is 4.28. The van der Waals surface area contributed by atoms with E-state index in [1.54, 1.807) is 0 Å². The SMILES string of the molecule is CC(C)c1ccc(-c2ccc(I)cc2)cc1. The van der Waals surface area contributed by atoms with Crippen LogP contribution < -0.4 is 0 Å². The summed E-state index contributed by atoms with van der Waals surface area (Å²) in [6.07, 6.45) is 0. The van der Waals surface area contributed by atoms with Gasteiger partial charge in [-0.15, -0.1) is 0 Å². The fourth-order valence-electron chi connectivity index (χ4n) is 1.70. The summed E-state index contributed by atoms with van der Waals surface area (Å²) in [5.74, 6) is 0.603. The van der Waals surface area contributed by atoms with Gasteiger partial charge in [0.2, 0.25) is 0 Å². The molecule has 0 unspecified atom stereocenters. The van der Waals surface area contributed by atoms with Crippen LogP contribution in [0.15, 0.2) is 48.5 Å². The fraction of sp³-hybridized carbons (Fsp3) is 0.200. The lowest BCUT2D eigenvalue weighted by atomic mass is 9.99. The topological polar surface area (TPSA) is 0 Å². The Morgan fingerprint density at radius 2 is 1.19 bits per heavy atom. The average molecular weight is 322 g/mol. The maximum Gasteiger partial charge on any atom is 0.0130 e. The number of hydrogen-bond donors (Lipinski definition) is 0. The van der Waals surface area contributed by atoms with E-state index >= 15 is 0 Å². The van der Waals surface area contributed by atoms with Gasteiger partial charge in [0.15, 0.2) is 0 Å². The van der Waals surface area contributed by atoms with Crippen LogP contribution in [-0.4, -0.2) is 0 Å². The molecule has 16 heavy (non-hydrogen) atoms. The van der Waals surface area contributed by atoms with Crippen LogP contribution in [0.5, 0.6) is 0 Å². The van der Waals surface area contributed by atoms with E-state index in [-0.39, 0.29) is 0 Å². The minimum atomic E-state index is 0.603. The van der Waals surface area contributed by atoms with Gasteiger partial charge in [0.25, 0.3) is 0 Å². The lowest BCUT2D eigenvalue weighted by molar-refractivity contribution is 0.867. The molecule has 0 aliphatic heterocycles. The Labute approximate surface area is 111 Å². The first kappa shape index (κ1) is 11.6. The van der Waals surface area contributed by atoms with Crippen molar-refractivity contribution in [3.63, 3.8) is 0 Å². The molecule has 0 aromatic heterocycles. The molecular formula is C15H15I. The highest BCUT2D eigenvalue weighted by Crippen LogP contribution is 2.23. The van der Waals surface area contributed by atoms with Gasteiger partial charge < -0.3 is 0 Å². The zero-order valence-electron chi connectivity index (χ0n) is 9.57. The molecule has 0 heterocycles. The smallest absolute Gasteiger partial charge is 0.0130 e. The molecule has 2 aromatic carbocycles. The quantitative estimate of drug-likeness (QED) is 0.676. The Morgan fingerprint density at radius 1 is 0.750 bits per heavy atom. The van der Waals surface area contributed by atoms with Crippen molar-refractivity contribution in [2.24, 2.45) is 0 Å². The number of benzene rings is 2. The second kappa shape index (κ2) is 5.00. The molecule has 0 nitrogen and oxygen atoms in total. The van der Waals surface area contributed by atoms with Gasteiger partial charge in [0.1, 0.15) is 0 Å². The van der Waals surface area contributed by atoms with E-state index in [0.29, 0.717) is 5.92 Å². The van der Waals surface area contributed by atoms with E-state index in [4.69, 9.17) is 0 Å². The third-order valence-corrected chi connectivity index (χ3v) is 3.47. The zero-order valence-corrected chi connectivity index (χ0v) is 11.7. The van der Waals surface area contributed by atoms with E-state index in [2.05, 4.69) is 85.0 Å². The van der Waals surface area contributed by atoms with Crippen molar-refractivity contribution in [3.8, 4) is 11.1 Å². The molecule has 2 aromatic rings. The molecule has 2 rings (SSSR count). The summed E-state index contributed by atoms with van der Waals surface area (Å²) in [6, 6.07) is 17.5. The van der Waals surface area contributed by atoms with Crippen molar-refractivity contribution < 1.29 is 0 Å². The van der Waals surface area contributed by atoms with Crippen LogP contribution in [-0.2, 0) is 0 Å². The van der Waals surface area contributed by atoms with Crippen molar-refractivity contribution in [1.82, 2.24) is 0 Å². The zero-order chi connectivity index (χ0) is 11.5. The first-order valence-electron chi connectivity index (χ1n) is 5.53. The van der Waals surface area contributed by atoms with Crippen molar-refractivity contribution in [2.45, 2.75) is 19.8 Å². The second-order valence-corrected chi connectivity index (χ2v) is 5.53. The van der Waals surface area contributed by atoms with Gasteiger partial charge in [-0.2, -0.15) is 0 Å². The van der Waals surface area contributed by atoms with E-state index < -0.39 is 0 Å². The fourth-order valence-corrected chi connectivity index (χ4v) is 2.06. The van der Waals surface area contributed by atoms with Gasteiger partial charge in [-0.3, -0.25) is 0 Å². The van der Waals surface area contributed by atoms with Crippen LogP contribution in [0.25, 0.3) is 11.1 Å². The highest BCUT2D eigenvalue weighted by molar-refractivity contribution is 14.1. The van der Waals surface area contributed by atoms with Gasteiger partial charge in [-0.1, -0.05) is 50.2 Å². The molecule has 0 fully saturated rings. The largest absolute Gasteiger partial charge is 0.0587 e. The lowest BCUT2D eigenvalue weighted by Gasteiger charge is -2.07. The van der Waals surface area contributed by atoms with Crippen molar-refractivity contribution in [1.29, 1.82) is 0 Å². The van der Waals surface area contributed by atoms with Crippen LogP contribution >= 0.6 is 22.6 Å². The summed E-state index contributed by atoms with van der Waals surface area (Å²) < 4.78 is 1.28. The minimum Gasteiger partial charge on any atom is -0.0587 e. The maximum atomic E-state index is 2.33. The summed E-state index contributed by atoms with van der Waals surface area (Å²) in [4.78, 5) is 0. The maximum absolute atomic E-state index is 2.33. The first-order chi connectivity index (χ1) is 7.66.